The largest absolute Gasteiger partial charge is 0.467 e. The van der Waals surface area contributed by atoms with Crippen LogP contribution in [0.15, 0.2) is 0 Å². The Morgan fingerprint density at radius 2 is 1.56 bits per heavy atom. The average Bonchev–Trinajstić information content (AvgIpc) is 2.58. The van der Waals surface area contributed by atoms with Crippen molar-refractivity contribution in [1.82, 2.24) is 0 Å². The summed E-state index contributed by atoms with van der Waals surface area (Å²) in [4.78, 5) is 23.6. The SMILES string of the molecule is CCCCOC1[C@@H](OCCCC)[C@H](OC(C)=O)C(C(=O)OC)O[C@@H]1Br. The minimum absolute atomic E-state index is 0.472. The molecule has 0 N–H and O–H groups in total. The predicted molar refractivity (Wildman–Crippen MR) is 94.5 cm³/mol. The number of carbonyl (C=O) groups excluding carboxylic acids is 2. The van der Waals surface area contributed by atoms with E-state index in [0.29, 0.717) is 13.2 Å². The maximum absolute atomic E-state index is 12.1. The zero-order chi connectivity index (χ0) is 18.8. The fraction of sp³-hybridized carbons (Fsp3) is 0.882. The van der Waals surface area contributed by atoms with Crippen LogP contribution in [0.5, 0.6) is 0 Å². The molecule has 5 atom stereocenters. The van der Waals surface area contributed by atoms with Crippen LogP contribution in [0.4, 0.5) is 0 Å². The highest BCUT2D eigenvalue weighted by atomic mass is 79.9. The first-order valence-corrected chi connectivity index (χ1v) is 9.65. The van der Waals surface area contributed by atoms with Crippen molar-refractivity contribution in [3.8, 4) is 0 Å². The summed E-state index contributed by atoms with van der Waals surface area (Å²) in [5, 5.41) is -0.577. The standard InChI is InChI=1S/C17H29BrO7/c1-5-7-9-22-12-13(24-11(3)19)15(17(20)21-4)25-16(18)14(12)23-10-8-6-2/h12-16H,5-10H2,1-4H3/t12-,13-,14?,15?,16-/m0/s1. The van der Waals surface area contributed by atoms with Crippen molar-refractivity contribution in [2.45, 2.75) is 75.9 Å². The lowest BCUT2D eigenvalue weighted by atomic mass is 9.99. The predicted octanol–water partition coefficient (Wildman–Crippen LogP) is 2.58. The fourth-order valence-electron chi connectivity index (χ4n) is 2.52. The molecule has 0 aromatic carbocycles. The molecule has 1 aliphatic rings. The summed E-state index contributed by atoms with van der Waals surface area (Å²) in [6.07, 6.45) is 0.542. The van der Waals surface area contributed by atoms with Crippen molar-refractivity contribution in [3.63, 3.8) is 0 Å². The van der Waals surface area contributed by atoms with Crippen molar-refractivity contribution in [2.75, 3.05) is 20.3 Å². The van der Waals surface area contributed by atoms with Gasteiger partial charge in [0, 0.05) is 20.1 Å². The van der Waals surface area contributed by atoms with Crippen LogP contribution in [-0.2, 0) is 33.3 Å². The second-order valence-electron chi connectivity index (χ2n) is 5.88. The van der Waals surface area contributed by atoms with Gasteiger partial charge in [0.25, 0.3) is 0 Å². The molecule has 7 nitrogen and oxygen atoms in total. The molecule has 1 rings (SSSR count). The van der Waals surface area contributed by atoms with Gasteiger partial charge >= 0.3 is 11.9 Å². The van der Waals surface area contributed by atoms with Crippen LogP contribution in [0.1, 0.15) is 46.5 Å². The van der Waals surface area contributed by atoms with Gasteiger partial charge in [-0.05, 0) is 12.8 Å². The van der Waals surface area contributed by atoms with Gasteiger partial charge < -0.3 is 23.7 Å². The van der Waals surface area contributed by atoms with Crippen LogP contribution in [0.25, 0.3) is 0 Å². The topological polar surface area (TPSA) is 80.3 Å². The lowest BCUT2D eigenvalue weighted by Crippen LogP contribution is -2.61. The van der Waals surface area contributed by atoms with Gasteiger partial charge in [-0.15, -0.1) is 0 Å². The van der Waals surface area contributed by atoms with Crippen molar-refractivity contribution >= 4 is 27.9 Å². The molecule has 0 amide bonds. The molecule has 0 spiro atoms. The van der Waals surface area contributed by atoms with Gasteiger partial charge in [0.15, 0.2) is 12.2 Å². The van der Waals surface area contributed by atoms with Crippen LogP contribution >= 0.6 is 15.9 Å². The summed E-state index contributed by atoms with van der Waals surface area (Å²) in [5.41, 5.74) is 0. The Balaban J connectivity index is 3.01. The van der Waals surface area contributed by atoms with E-state index >= 15 is 0 Å². The summed E-state index contributed by atoms with van der Waals surface area (Å²) in [6.45, 7) is 6.40. The number of unbranched alkanes of at least 4 members (excludes halogenated alkanes) is 2. The Bertz CT molecular complexity index is 418. The van der Waals surface area contributed by atoms with Crippen LogP contribution in [0.3, 0.4) is 0 Å². The van der Waals surface area contributed by atoms with Crippen molar-refractivity contribution in [1.29, 1.82) is 0 Å². The quantitative estimate of drug-likeness (QED) is 0.302. The van der Waals surface area contributed by atoms with Crippen molar-refractivity contribution in [2.24, 2.45) is 0 Å². The first kappa shape index (κ1) is 22.3. The maximum Gasteiger partial charge on any atom is 0.339 e. The molecule has 1 fully saturated rings. The monoisotopic (exact) mass is 424 g/mol. The van der Waals surface area contributed by atoms with E-state index in [1.807, 2.05) is 0 Å². The molecule has 146 valence electrons. The number of methoxy groups -OCH3 is 1. The van der Waals surface area contributed by atoms with Crippen LogP contribution < -0.4 is 0 Å². The van der Waals surface area contributed by atoms with Crippen LogP contribution in [0.2, 0.25) is 0 Å². The highest BCUT2D eigenvalue weighted by Crippen LogP contribution is 2.32. The van der Waals surface area contributed by atoms with Gasteiger partial charge in [0.2, 0.25) is 0 Å². The minimum atomic E-state index is -1.07. The molecule has 0 aliphatic carbocycles. The summed E-state index contributed by atoms with van der Waals surface area (Å²) in [7, 11) is 1.26. The molecule has 0 radical (unpaired) electrons. The molecular weight excluding hydrogens is 396 g/mol. The van der Waals surface area contributed by atoms with Crippen molar-refractivity contribution < 1.29 is 33.3 Å². The number of halogens is 1. The van der Waals surface area contributed by atoms with Gasteiger partial charge in [-0.3, -0.25) is 4.79 Å². The number of rotatable bonds is 10. The normalized spacial score (nSPS) is 29.2. The van der Waals surface area contributed by atoms with Gasteiger partial charge in [0.1, 0.15) is 17.2 Å². The Labute approximate surface area is 157 Å². The second-order valence-corrected chi connectivity index (χ2v) is 6.79. The highest BCUT2D eigenvalue weighted by molar-refractivity contribution is 9.09. The summed E-state index contributed by atoms with van der Waals surface area (Å²) < 4.78 is 27.7. The van der Waals surface area contributed by atoms with Crippen LogP contribution in [-0.4, -0.2) is 61.7 Å². The zero-order valence-electron chi connectivity index (χ0n) is 15.4. The molecule has 1 aliphatic heterocycles. The third kappa shape index (κ3) is 6.84. The van der Waals surface area contributed by atoms with Gasteiger partial charge in [-0.2, -0.15) is 0 Å². The molecule has 25 heavy (non-hydrogen) atoms. The van der Waals surface area contributed by atoms with E-state index in [9.17, 15) is 9.59 Å². The first-order valence-electron chi connectivity index (χ1n) is 8.74. The second kappa shape index (κ2) is 11.8. The summed E-state index contributed by atoms with van der Waals surface area (Å²) in [6, 6.07) is 0. The maximum atomic E-state index is 12.1. The minimum Gasteiger partial charge on any atom is -0.467 e. The highest BCUT2D eigenvalue weighted by Gasteiger charge is 2.51. The van der Waals surface area contributed by atoms with E-state index in [4.69, 9.17) is 23.7 Å². The molecular formula is C17H29BrO7. The summed E-state index contributed by atoms with van der Waals surface area (Å²) >= 11 is 3.41. The lowest BCUT2D eigenvalue weighted by Gasteiger charge is -2.43. The molecule has 0 aromatic heterocycles. The van der Waals surface area contributed by atoms with E-state index in [2.05, 4.69) is 29.8 Å². The Hall–Kier alpha value is -0.700. The number of alkyl halides is 1. The number of hydrogen-bond acceptors (Lipinski definition) is 7. The van der Waals surface area contributed by atoms with Crippen molar-refractivity contribution in [3.05, 3.63) is 0 Å². The first-order chi connectivity index (χ1) is 12.0. The molecule has 1 saturated heterocycles. The Morgan fingerprint density at radius 3 is 2.04 bits per heavy atom. The molecule has 0 aromatic rings. The van der Waals surface area contributed by atoms with E-state index in [1.165, 1.54) is 14.0 Å². The van der Waals surface area contributed by atoms with Gasteiger partial charge in [0.05, 0.1) is 7.11 Å². The lowest BCUT2D eigenvalue weighted by molar-refractivity contribution is -0.238. The number of esters is 2. The third-order valence-electron chi connectivity index (χ3n) is 3.83. The molecule has 0 saturated carbocycles. The van der Waals surface area contributed by atoms with Gasteiger partial charge in [-0.25, -0.2) is 4.79 Å². The number of ether oxygens (including phenoxy) is 5. The number of carbonyl (C=O) groups is 2. The Morgan fingerprint density at radius 1 is 1.00 bits per heavy atom. The molecule has 1 heterocycles. The average molecular weight is 425 g/mol. The molecule has 0 bridgehead atoms. The molecule has 8 heteroatoms. The van der Waals surface area contributed by atoms with E-state index in [0.717, 1.165) is 25.7 Å². The number of hydrogen-bond donors (Lipinski definition) is 0. The third-order valence-corrected chi connectivity index (χ3v) is 4.57. The van der Waals surface area contributed by atoms with E-state index < -0.39 is 41.4 Å². The fourth-order valence-corrected chi connectivity index (χ4v) is 3.20. The zero-order valence-corrected chi connectivity index (χ0v) is 17.0. The smallest absolute Gasteiger partial charge is 0.339 e. The van der Waals surface area contributed by atoms with E-state index in [-0.39, 0.29) is 0 Å². The van der Waals surface area contributed by atoms with Gasteiger partial charge in [-0.1, -0.05) is 42.6 Å². The van der Waals surface area contributed by atoms with Crippen LogP contribution in [0, 0.1) is 0 Å². The Kier molecular flexibility index (Phi) is 10.6. The van der Waals surface area contributed by atoms with E-state index in [1.54, 1.807) is 0 Å². The summed E-state index contributed by atoms with van der Waals surface area (Å²) in [5.74, 6) is -1.14. The molecule has 2 unspecified atom stereocenters.